The Bertz CT molecular complexity index is 478. The number of carbonyl (C=O) groups excluding carboxylic acids is 2. The van der Waals surface area contributed by atoms with E-state index in [-0.39, 0.29) is 5.92 Å². The van der Waals surface area contributed by atoms with Crippen LogP contribution in [0.5, 0.6) is 5.75 Å². The van der Waals surface area contributed by atoms with Gasteiger partial charge in [-0.3, -0.25) is 5.43 Å². The van der Waals surface area contributed by atoms with Crippen LogP contribution in [0.1, 0.15) is 56.1 Å². The second-order valence-corrected chi connectivity index (χ2v) is 5.35. The van der Waals surface area contributed by atoms with Crippen molar-refractivity contribution < 1.29 is 14.3 Å². The van der Waals surface area contributed by atoms with E-state index in [1.165, 1.54) is 24.8 Å². The number of hydrogen-bond donors (Lipinski definition) is 3. The molecule has 0 aliphatic rings. The number of urea groups is 1. The molecule has 0 aliphatic carbocycles. The van der Waals surface area contributed by atoms with Crippen LogP contribution in [0.25, 0.3) is 0 Å². The smallest absolute Gasteiger partial charge is 0.326 e. The van der Waals surface area contributed by atoms with Crippen molar-refractivity contribution >= 4 is 12.3 Å². The van der Waals surface area contributed by atoms with Crippen LogP contribution < -0.4 is 21.7 Å². The van der Waals surface area contributed by atoms with Gasteiger partial charge in [-0.2, -0.15) is 0 Å². The summed E-state index contributed by atoms with van der Waals surface area (Å²) in [5, 5.41) is 0. The summed E-state index contributed by atoms with van der Waals surface area (Å²) in [7, 11) is 1.66. The number of aldehydes is 1. The summed E-state index contributed by atoms with van der Waals surface area (Å²) < 4.78 is 5.35. The molecule has 6 nitrogen and oxygen atoms in total. The van der Waals surface area contributed by atoms with Crippen LogP contribution in [-0.2, 0) is 4.79 Å². The molecule has 0 saturated heterocycles. The molecule has 0 saturated carbocycles. The first-order valence-electron chi connectivity index (χ1n) is 7.85. The Balaban J connectivity index is 0.000000841. The SMILES string of the molecule is CCCCCCC(C=O)c1cc(C)ccc1OC.NNC(N)=O. The van der Waals surface area contributed by atoms with E-state index >= 15 is 0 Å². The lowest BCUT2D eigenvalue weighted by Gasteiger charge is -2.15. The van der Waals surface area contributed by atoms with Crippen LogP contribution >= 0.6 is 0 Å². The highest BCUT2D eigenvalue weighted by atomic mass is 16.5. The summed E-state index contributed by atoms with van der Waals surface area (Å²) in [6.07, 6.45) is 6.76. The predicted octanol–water partition coefficient (Wildman–Crippen LogP) is 2.78. The maximum atomic E-state index is 11.3. The molecule has 0 fully saturated rings. The summed E-state index contributed by atoms with van der Waals surface area (Å²) in [5.41, 5.74) is 8.29. The fourth-order valence-electron chi connectivity index (χ4n) is 2.23. The summed E-state index contributed by atoms with van der Waals surface area (Å²) in [4.78, 5) is 20.6. The molecule has 6 heteroatoms. The Morgan fingerprint density at radius 2 is 2.00 bits per heavy atom. The summed E-state index contributed by atoms with van der Waals surface area (Å²) in [6, 6.07) is 5.32. The van der Waals surface area contributed by atoms with Gasteiger partial charge in [0.25, 0.3) is 0 Å². The van der Waals surface area contributed by atoms with E-state index in [9.17, 15) is 9.59 Å². The number of unbranched alkanes of at least 4 members (excludes halogenated alkanes) is 3. The fraction of sp³-hybridized carbons (Fsp3) is 0.529. The average molecular weight is 323 g/mol. The highest BCUT2D eigenvalue weighted by molar-refractivity contribution is 5.70. The van der Waals surface area contributed by atoms with E-state index in [4.69, 9.17) is 4.74 Å². The first-order valence-corrected chi connectivity index (χ1v) is 7.85. The van der Waals surface area contributed by atoms with Gasteiger partial charge in [0.1, 0.15) is 12.0 Å². The van der Waals surface area contributed by atoms with Crippen molar-refractivity contribution in [3.05, 3.63) is 29.3 Å². The van der Waals surface area contributed by atoms with Gasteiger partial charge in [-0.15, -0.1) is 0 Å². The van der Waals surface area contributed by atoms with Gasteiger partial charge in [0.2, 0.25) is 0 Å². The summed E-state index contributed by atoms with van der Waals surface area (Å²) in [5.74, 6) is 5.24. The highest BCUT2D eigenvalue weighted by Gasteiger charge is 2.15. The first-order chi connectivity index (χ1) is 11.0. The number of hydrogen-bond acceptors (Lipinski definition) is 4. The molecule has 2 amide bonds. The Morgan fingerprint density at radius 3 is 2.48 bits per heavy atom. The van der Waals surface area contributed by atoms with Gasteiger partial charge < -0.3 is 15.3 Å². The van der Waals surface area contributed by atoms with E-state index in [0.717, 1.165) is 30.4 Å². The molecule has 5 N–H and O–H groups in total. The Labute approximate surface area is 138 Å². The van der Waals surface area contributed by atoms with Crippen molar-refractivity contribution in [2.45, 2.75) is 51.9 Å². The number of methoxy groups -OCH3 is 1. The summed E-state index contributed by atoms with van der Waals surface area (Å²) >= 11 is 0. The monoisotopic (exact) mass is 323 g/mol. The third-order valence-electron chi connectivity index (χ3n) is 3.46. The Kier molecular flexibility index (Phi) is 11.3. The van der Waals surface area contributed by atoms with Gasteiger partial charge in [0, 0.05) is 11.5 Å². The van der Waals surface area contributed by atoms with Crippen LogP contribution in [0.15, 0.2) is 18.2 Å². The number of carbonyl (C=O) groups is 2. The molecule has 0 radical (unpaired) electrons. The lowest BCUT2D eigenvalue weighted by molar-refractivity contribution is -0.109. The zero-order chi connectivity index (χ0) is 17.7. The maximum absolute atomic E-state index is 11.3. The van der Waals surface area contributed by atoms with Crippen molar-refractivity contribution in [1.29, 1.82) is 0 Å². The summed E-state index contributed by atoms with van der Waals surface area (Å²) in [6.45, 7) is 4.24. The number of aryl methyl sites for hydroxylation is 1. The van der Waals surface area contributed by atoms with Crippen molar-refractivity contribution in [3.63, 3.8) is 0 Å². The van der Waals surface area contributed by atoms with Crippen LogP contribution in [-0.4, -0.2) is 19.4 Å². The second-order valence-electron chi connectivity index (χ2n) is 5.35. The first kappa shape index (κ1) is 20.9. The molecule has 0 aromatic heterocycles. The molecule has 23 heavy (non-hydrogen) atoms. The van der Waals surface area contributed by atoms with Crippen LogP contribution in [0.2, 0.25) is 0 Å². The van der Waals surface area contributed by atoms with Gasteiger partial charge in [0.15, 0.2) is 0 Å². The number of hydrazine groups is 1. The Hall–Kier alpha value is -2.08. The number of benzene rings is 1. The van der Waals surface area contributed by atoms with Crippen molar-refractivity contribution in [3.8, 4) is 5.75 Å². The van der Waals surface area contributed by atoms with E-state index in [1.54, 1.807) is 12.5 Å². The van der Waals surface area contributed by atoms with Gasteiger partial charge in [-0.05, 0) is 19.4 Å². The van der Waals surface area contributed by atoms with Gasteiger partial charge in [-0.1, -0.05) is 50.3 Å². The maximum Gasteiger partial charge on any atom is 0.326 e. The molecule has 1 rings (SSSR count). The van der Waals surface area contributed by atoms with Crippen molar-refractivity contribution in [2.24, 2.45) is 11.6 Å². The number of amides is 2. The molecule has 1 atom stereocenters. The quantitative estimate of drug-likeness (QED) is 0.225. The Morgan fingerprint density at radius 1 is 1.35 bits per heavy atom. The number of nitrogens with one attached hydrogen (secondary N) is 1. The fourth-order valence-corrected chi connectivity index (χ4v) is 2.23. The lowest BCUT2D eigenvalue weighted by Crippen LogP contribution is -2.34. The van der Waals surface area contributed by atoms with Crippen LogP contribution in [0.4, 0.5) is 4.79 Å². The average Bonchev–Trinajstić information content (AvgIpc) is 2.55. The third-order valence-corrected chi connectivity index (χ3v) is 3.46. The number of ether oxygens (including phenoxy) is 1. The molecule has 0 bridgehead atoms. The van der Waals surface area contributed by atoms with Gasteiger partial charge in [-0.25, -0.2) is 10.6 Å². The standard InChI is InChI=1S/C16H24O2.CH5N3O/c1-4-5-6-7-8-14(12-17)15-11-13(2)9-10-16(15)18-3;2-1(5)4-3/h9-12,14H,4-8H2,1-3H3;3H2,(H3,2,4,5). The molecule has 1 aromatic carbocycles. The predicted molar refractivity (Wildman–Crippen MR) is 92.2 cm³/mol. The molecular weight excluding hydrogens is 294 g/mol. The van der Waals surface area contributed by atoms with Gasteiger partial charge >= 0.3 is 6.03 Å². The van der Waals surface area contributed by atoms with Crippen molar-refractivity contribution in [2.75, 3.05) is 7.11 Å². The number of primary amides is 1. The van der Waals surface area contributed by atoms with E-state index < -0.39 is 6.03 Å². The number of rotatable bonds is 8. The zero-order valence-electron chi connectivity index (χ0n) is 14.3. The molecular formula is C17H29N3O3. The molecule has 1 unspecified atom stereocenters. The molecule has 130 valence electrons. The topological polar surface area (TPSA) is 107 Å². The third kappa shape index (κ3) is 8.83. The zero-order valence-corrected chi connectivity index (χ0v) is 14.3. The molecule has 0 heterocycles. The van der Waals surface area contributed by atoms with E-state index in [2.05, 4.69) is 24.6 Å². The minimum atomic E-state index is -0.718. The molecule has 0 spiro atoms. The van der Waals surface area contributed by atoms with Crippen molar-refractivity contribution in [1.82, 2.24) is 5.43 Å². The van der Waals surface area contributed by atoms with Gasteiger partial charge in [0.05, 0.1) is 7.11 Å². The highest BCUT2D eigenvalue weighted by Crippen LogP contribution is 2.30. The van der Waals surface area contributed by atoms with Crippen LogP contribution in [0.3, 0.4) is 0 Å². The number of nitrogens with two attached hydrogens (primary N) is 2. The molecule has 1 aromatic rings. The van der Waals surface area contributed by atoms with E-state index in [1.807, 2.05) is 19.1 Å². The minimum Gasteiger partial charge on any atom is -0.496 e. The lowest BCUT2D eigenvalue weighted by atomic mass is 9.92. The minimum absolute atomic E-state index is 0.0308. The van der Waals surface area contributed by atoms with Crippen LogP contribution in [0, 0.1) is 6.92 Å². The largest absolute Gasteiger partial charge is 0.496 e. The molecule has 0 aliphatic heterocycles. The second kappa shape index (κ2) is 12.5. The normalized spacial score (nSPS) is 11.0. The van der Waals surface area contributed by atoms with E-state index in [0.29, 0.717) is 0 Å².